The number of benzene rings is 2. The van der Waals surface area contributed by atoms with Gasteiger partial charge in [-0.3, -0.25) is 14.5 Å². The molecule has 1 aliphatic carbocycles. The molecule has 1 fully saturated rings. The molecule has 32 heavy (non-hydrogen) atoms. The largest absolute Gasteiger partial charge is 0.325 e. The van der Waals surface area contributed by atoms with Crippen LogP contribution in [0.5, 0.6) is 0 Å². The summed E-state index contributed by atoms with van der Waals surface area (Å²) in [5.74, 6) is -0.932. The van der Waals surface area contributed by atoms with Crippen molar-refractivity contribution in [3.8, 4) is 5.69 Å². The van der Waals surface area contributed by atoms with Crippen molar-refractivity contribution in [2.45, 2.75) is 31.7 Å². The van der Waals surface area contributed by atoms with Gasteiger partial charge in [-0.05, 0) is 77.6 Å². The van der Waals surface area contributed by atoms with Crippen molar-refractivity contribution >= 4 is 23.5 Å². The minimum atomic E-state index is -1.31. The molecule has 2 aliphatic rings. The van der Waals surface area contributed by atoms with Crippen molar-refractivity contribution in [1.82, 2.24) is 30.4 Å². The molecule has 0 saturated carbocycles. The van der Waals surface area contributed by atoms with Crippen LogP contribution in [0.15, 0.2) is 48.8 Å². The van der Waals surface area contributed by atoms with Gasteiger partial charge < -0.3 is 10.6 Å². The summed E-state index contributed by atoms with van der Waals surface area (Å²) in [4.78, 5) is 39.3. The van der Waals surface area contributed by atoms with Gasteiger partial charge in [0.1, 0.15) is 18.4 Å². The van der Waals surface area contributed by atoms with Crippen LogP contribution in [-0.2, 0) is 28.0 Å². The van der Waals surface area contributed by atoms with Gasteiger partial charge in [0.2, 0.25) is 5.91 Å². The van der Waals surface area contributed by atoms with E-state index in [1.807, 2.05) is 18.2 Å². The van der Waals surface area contributed by atoms with Gasteiger partial charge in [-0.1, -0.05) is 18.2 Å². The lowest BCUT2D eigenvalue weighted by Crippen LogP contribution is -2.42. The van der Waals surface area contributed by atoms with Crippen LogP contribution in [-0.4, -0.2) is 49.5 Å². The zero-order chi connectivity index (χ0) is 22.3. The number of hydrogen-bond donors (Lipinski definition) is 2. The third-order valence-electron chi connectivity index (χ3n) is 6.00. The van der Waals surface area contributed by atoms with Crippen molar-refractivity contribution in [1.29, 1.82) is 0 Å². The normalized spacial score (nSPS) is 19.7. The highest BCUT2D eigenvalue weighted by atomic mass is 16.2. The highest BCUT2D eigenvalue weighted by Gasteiger charge is 2.49. The number of anilines is 1. The molecule has 4 amide bonds. The number of aromatic nitrogens is 4. The molecule has 1 saturated heterocycles. The lowest BCUT2D eigenvalue weighted by atomic mass is 9.91. The van der Waals surface area contributed by atoms with E-state index in [-0.39, 0.29) is 6.54 Å². The van der Waals surface area contributed by atoms with E-state index in [4.69, 9.17) is 0 Å². The molecular formula is C22H21N7O3. The van der Waals surface area contributed by atoms with Crippen molar-refractivity contribution in [3.05, 3.63) is 65.5 Å². The van der Waals surface area contributed by atoms with Crippen LogP contribution in [0.1, 0.15) is 30.0 Å². The minimum Gasteiger partial charge on any atom is -0.325 e. The summed E-state index contributed by atoms with van der Waals surface area (Å²) >= 11 is 0. The van der Waals surface area contributed by atoms with Crippen LogP contribution >= 0.6 is 0 Å². The Morgan fingerprint density at radius 1 is 1.16 bits per heavy atom. The van der Waals surface area contributed by atoms with E-state index in [1.54, 1.807) is 31.2 Å². The highest BCUT2D eigenvalue weighted by Crippen LogP contribution is 2.30. The number of tetrazole rings is 1. The Bertz CT molecular complexity index is 1220. The van der Waals surface area contributed by atoms with E-state index in [2.05, 4.69) is 26.2 Å². The Hall–Kier alpha value is -4.08. The number of urea groups is 1. The van der Waals surface area contributed by atoms with Crippen molar-refractivity contribution in [2.75, 3.05) is 11.9 Å². The van der Waals surface area contributed by atoms with Crippen LogP contribution in [0.2, 0.25) is 0 Å². The maximum Gasteiger partial charge on any atom is 0.325 e. The predicted octanol–water partition coefficient (Wildman–Crippen LogP) is 1.56. The predicted molar refractivity (Wildman–Crippen MR) is 114 cm³/mol. The number of imide groups is 1. The second-order valence-electron chi connectivity index (χ2n) is 8.14. The number of rotatable bonds is 5. The zero-order valence-electron chi connectivity index (χ0n) is 17.4. The number of aryl methyl sites for hydroxylation is 2. The molecule has 1 aromatic heterocycles. The molecule has 5 rings (SSSR count). The van der Waals surface area contributed by atoms with Gasteiger partial charge in [0.25, 0.3) is 5.91 Å². The van der Waals surface area contributed by atoms with E-state index in [0.717, 1.165) is 24.2 Å². The summed E-state index contributed by atoms with van der Waals surface area (Å²) in [6.07, 6.45) is 4.60. The van der Waals surface area contributed by atoms with Crippen molar-refractivity contribution in [3.63, 3.8) is 0 Å². The smallest absolute Gasteiger partial charge is 0.325 e. The molecule has 10 nitrogen and oxygen atoms in total. The first-order valence-corrected chi connectivity index (χ1v) is 10.3. The molecule has 10 heteroatoms. The Morgan fingerprint density at radius 2 is 2.00 bits per heavy atom. The first kappa shape index (κ1) is 19.9. The number of nitrogens with one attached hydrogen (secondary N) is 2. The summed E-state index contributed by atoms with van der Waals surface area (Å²) in [6.45, 7) is 1.24. The fourth-order valence-electron chi connectivity index (χ4n) is 4.27. The van der Waals surface area contributed by atoms with Crippen LogP contribution in [0.3, 0.4) is 0 Å². The zero-order valence-corrected chi connectivity index (χ0v) is 17.4. The Morgan fingerprint density at radius 3 is 2.81 bits per heavy atom. The van der Waals surface area contributed by atoms with Gasteiger partial charge in [-0.25, -0.2) is 9.48 Å². The van der Waals surface area contributed by atoms with E-state index in [0.29, 0.717) is 16.9 Å². The van der Waals surface area contributed by atoms with Gasteiger partial charge in [0.15, 0.2) is 0 Å². The average Bonchev–Trinajstić information content (AvgIpc) is 3.52. The fourth-order valence-corrected chi connectivity index (χ4v) is 4.27. The lowest BCUT2D eigenvalue weighted by Gasteiger charge is -2.22. The Labute approximate surface area is 183 Å². The first-order chi connectivity index (χ1) is 15.4. The second kappa shape index (κ2) is 7.56. The van der Waals surface area contributed by atoms with E-state index >= 15 is 0 Å². The molecule has 162 valence electrons. The number of hydrogen-bond acceptors (Lipinski definition) is 6. The Kier molecular flexibility index (Phi) is 4.69. The van der Waals surface area contributed by atoms with E-state index in [1.165, 1.54) is 22.1 Å². The van der Waals surface area contributed by atoms with E-state index < -0.39 is 23.4 Å². The van der Waals surface area contributed by atoms with Crippen LogP contribution < -0.4 is 10.6 Å². The standard InChI is InChI=1S/C22H21N7O3/c1-22(16-6-3-7-18(11-16)29-13-23-26-27-29)20(31)28(21(32)25-22)12-19(30)24-17-9-8-14-4-2-5-15(14)10-17/h3,6-11,13H,2,4-5,12H2,1H3,(H,24,30)(H,25,32)/t22-/m0/s1. The maximum absolute atomic E-state index is 13.2. The SMILES string of the molecule is C[C@@]1(c2cccc(-n3cnnn3)c2)NC(=O)N(CC(=O)Nc2ccc3c(c2)CCC3)C1=O. The molecule has 3 aromatic rings. The van der Waals surface area contributed by atoms with Gasteiger partial charge in [0.05, 0.1) is 5.69 Å². The quantitative estimate of drug-likeness (QED) is 0.591. The second-order valence-corrected chi connectivity index (χ2v) is 8.14. The van der Waals surface area contributed by atoms with Crippen LogP contribution in [0, 0.1) is 0 Å². The maximum atomic E-state index is 13.2. The summed E-state index contributed by atoms with van der Waals surface area (Å²) in [6, 6.07) is 12.2. The fraction of sp³-hybridized carbons (Fsp3) is 0.273. The first-order valence-electron chi connectivity index (χ1n) is 10.3. The summed E-state index contributed by atoms with van der Waals surface area (Å²) in [5, 5.41) is 16.6. The molecule has 2 aromatic carbocycles. The number of nitrogens with zero attached hydrogens (tertiary/aromatic N) is 5. The summed E-state index contributed by atoms with van der Waals surface area (Å²) in [7, 11) is 0. The molecule has 0 unspecified atom stereocenters. The number of carbonyl (C=O) groups excluding carboxylic acids is 3. The molecule has 0 spiro atoms. The lowest BCUT2D eigenvalue weighted by molar-refractivity contribution is -0.133. The van der Waals surface area contributed by atoms with Crippen molar-refractivity contribution < 1.29 is 14.4 Å². The summed E-state index contributed by atoms with van der Waals surface area (Å²) < 4.78 is 1.45. The highest BCUT2D eigenvalue weighted by molar-refractivity contribution is 6.10. The van der Waals surface area contributed by atoms with Gasteiger partial charge in [0, 0.05) is 5.69 Å². The van der Waals surface area contributed by atoms with Gasteiger partial charge >= 0.3 is 6.03 Å². The monoisotopic (exact) mass is 431 g/mol. The summed E-state index contributed by atoms with van der Waals surface area (Å²) in [5.41, 5.74) is 3.09. The topological polar surface area (TPSA) is 122 Å². The van der Waals surface area contributed by atoms with Gasteiger partial charge in [-0.2, -0.15) is 0 Å². The van der Waals surface area contributed by atoms with Crippen LogP contribution in [0.25, 0.3) is 5.69 Å². The molecule has 1 atom stereocenters. The average molecular weight is 431 g/mol. The third kappa shape index (κ3) is 3.39. The molecule has 2 heterocycles. The molecule has 2 N–H and O–H groups in total. The molecular weight excluding hydrogens is 410 g/mol. The van der Waals surface area contributed by atoms with E-state index in [9.17, 15) is 14.4 Å². The third-order valence-corrected chi connectivity index (χ3v) is 6.00. The molecule has 1 aliphatic heterocycles. The van der Waals surface area contributed by atoms with Gasteiger partial charge in [-0.15, -0.1) is 5.10 Å². The number of amides is 4. The molecule has 0 radical (unpaired) electrons. The molecule has 0 bridgehead atoms. The van der Waals surface area contributed by atoms with Crippen molar-refractivity contribution in [2.24, 2.45) is 0 Å². The number of fused-ring (bicyclic) bond motifs is 1. The Balaban J connectivity index is 1.32. The van der Waals surface area contributed by atoms with Crippen LogP contribution in [0.4, 0.5) is 10.5 Å². The number of carbonyl (C=O) groups is 3. The minimum absolute atomic E-state index is 0.371.